The van der Waals surface area contributed by atoms with Crippen LogP contribution in [0.1, 0.15) is 23.1 Å². The van der Waals surface area contributed by atoms with Crippen LogP contribution in [0.3, 0.4) is 0 Å². The number of carbonyl (C=O) groups is 1. The van der Waals surface area contributed by atoms with Gasteiger partial charge in [-0.2, -0.15) is 0 Å². The van der Waals surface area contributed by atoms with Crippen LogP contribution in [0, 0.1) is 24.4 Å². The summed E-state index contributed by atoms with van der Waals surface area (Å²) in [7, 11) is 0. The molecule has 0 saturated heterocycles. The largest absolute Gasteiger partial charge is 0.382 e. The Hall–Kier alpha value is -2.83. The smallest absolute Gasteiger partial charge is 0.264 e. The summed E-state index contributed by atoms with van der Waals surface area (Å²) in [6.45, 7) is 1.25. The minimum absolute atomic E-state index is 0.191. The molecule has 3 rings (SSSR count). The first kappa shape index (κ1) is 18.0. The van der Waals surface area contributed by atoms with Crippen molar-refractivity contribution in [1.82, 2.24) is 5.32 Å². The number of benzene rings is 2. The predicted molar refractivity (Wildman–Crippen MR) is 90.0 cm³/mol. The van der Waals surface area contributed by atoms with Crippen LogP contribution in [0.4, 0.5) is 13.2 Å². The average Bonchev–Trinajstić information content (AvgIpc) is 3.09. The monoisotopic (exact) mass is 362 g/mol. The summed E-state index contributed by atoms with van der Waals surface area (Å²) >= 11 is 0. The highest BCUT2D eigenvalue weighted by Crippen LogP contribution is 2.18. The van der Waals surface area contributed by atoms with E-state index < -0.39 is 23.6 Å². The van der Waals surface area contributed by atoms with Gasteiger partial charge in [-0.25, -0.2) is 13.2 Å². The van der Waals surface area contributed by atoms with Crippen molar-refractivity contribution in [2.45, 2.75) is 32.4 Å². The van der Waals surface area contributed by atoms with Crippen molar-refractivity contribution < 1.29 is 22.8 Å². The van der Waals surface area contributed by atoms with Gasteiger partial charge in [0.25, 0.3) is 5.91 Å². The zero-order valence-electron chi connectivity index (χ0n) is 14.1. The molecular formula is C19H17F3N2O2. The molecule has 1 aliphatic rings. The molecule has 1 heterocycles. The lowest BCUT2D eigenvalue weighted by Crippen LogP contribution is -2.35. The van der Waals surface area contributed by atoms with Crippen molar-refractivity contribution in [2.24, 2.45) is 5.16 Å². The molecule has 1 unspecified atom stereocenters. The summed E-state index contributed by atoms with van der Waals surface area (Å²) in [5, 5.41) is 6.35. The summed E-state index contributed by atoms with van der Waals surface area (Å²) in [6, 6.07) is 8.46. The van der Waals surface area contributed by atoms with Crippen molar-refractivity contribution in [3.05, 3.63) is 70.5 Å². The Balaban J connectivity index is 1.54. The second-order valence-electron chi connectivity index (χ2n) is 6.13. The third-order valence-electron chi connectivity index (χ3n) is 4.16. The van der Waals surface area contributed by atoms with E-state index in [1.807, 2.05) is 0 Å². The Kier molecular flexibility index (Phi) is 5.25. The lowest BCUT2D eigenvalue weighted by Gasteiger charge is -2.11. The van der Waals surface area contributed by atoms with Crippen molar-refractivity contribution in [2.75, 3.05) is 0 Å². The van der Waals surface area contributed by atoms with Crippen LogP contribution in [-0.2, 0) is 22.6 Å². The van der Waals surface area contributed by atoms with Crippen LogP contribution in [-0.4, -0.2) is 17.7 Å². The van der Waals surface area contributed by atoms with Crippen LogP contribution in [0.25, 0.3) is 0 Å². The van der Waals surface area contributed by atoms with Gasteiger partial charge in [0.2, 0.25) is 6.10 Å². The summed E-state index contributed by atoms with van der Waals surface area (Å²) in [6.07, 6.45) is -0.144. The maximum Gasteiger partial charge on any atom is 0.264 e. The van der Waals surface area contributed by atoms with Crippen LogP contribution in [0.15, 0.2) is 41.6 Å². The van der Waals surface area contributed by atoms with Crippen LogP contribution < -0.4 is 5.32 Å². The molecule has 2 aromatic carbocycles. The predicted octanol–water partition coefficient (Wildman–Crippen LogP) is 3.42. The van der Waals surface area contributed by atoms with Crippen molar-refractivity contribution in [3.63, 3.8) is 0 Å². The van der Waals surface area contributed by atoms with Gasteiger partial charge in [0.15, 0.2) is 0 Å². The molecule has 1 aliphatic heterocycles. The molecule has 4 nitrogen and oxygen atoms in total. The number of oxime groups is 1. The molecular weight excluding hydrogens is 345 g/mol. The van der Waals surface area contributed by atoms with Crippen LogP contribution in [0.2, 0.25) is 0 Å². The number of amides is 1. The van der Waals surface area contributed by atoms with Crippen molar-refractivity contribution >= 4 is 11.6 Å². The van der Waals surface area contributed by atoms with Gasteiger partial charge in [-0.1, -0.05) is 23.4 Å². The fraction of sp³-hybridized carbons (Fsp3) is 0.263. The van der Waals surface area contributed by atoms with E-state index in [9.17, 15) is 18.0 Å². The summed E-state index contributed by atoms with van der Waals surface area (Å²) in [4.78, 5) is 17.3. The summed E-state index contributed by atoms with van der Waals surface area (Å²) in [5.41, 5.74) is 1.60. The highest BCUT2D eigenvalue weighted by molar-refractivity contribution is 5.93. The average molecular weight is 362 g/mol. The quantitative estimate of drug-likeness (QED) is 0.886. The number of nitrogens with one attached hydrogen (secondary N) is 1. The number of carbonyl (C=O) groups excluding carboxylic acids is 1. The first-order valence-electron chi connectivity index (χ1n) is 8.11. The van der Waals surface area contributed by atoms with E-state index in [1.165, 1.54) is 25.1 Å². The molecule has 1 amide bonds. The molecule has 0 saturated carbocycles. The molecule has 0 fully saturated rings. The molecule has 136 valence electrons. The summed E-state index contributed by atoms with van der Waals surface area (Å²) < 4.78 is 40.6. The maximum atomic E-state index is 14.0. The number of aryl methyl sites for hydroxylation is 1. The van der Waals surface area contributed by atoms with E-state index in [1.54, 1.807) is 12.1 Å². The first-order valence-corrected chi connectivity index (χ1v) is 8.11. The Morgan fingerprint density at radius 2 is 1.92 bits per heavy atom. The van der Waals surface area contributed by atoms with Crippen molar-refractivity contribution in [3.8, 4) is 0 Å². The van der Waals surface area contributed by atoms with E-state index in [-0.39, 0.29) is 24.3 Å². The lowest BCUT2D eigenvalue weighted by atomic mass is 10.0. The van der Waals surface area contributed by atoms with E-state index in [2.05, 4.69) is 10.5 Å². The highest BCUT2D eigenvalue weighted by Gasteiger charge is 2.28. The van der Waals surface area contributed by atoms with E-state index in [0.717, 1.165) is 11.6 Å². The Labute approximate surface area is 148 Å². The number of rotatable bonds is 5. The van der Waals surface area contributed by atoms with Gasteiger partial charge in [-0.3, -0.25) is 4.79 Å². The highest BCUT2D eigenvalue weighted by atomic mass is 19.1. The van der Waals surface area contributed by atoms with E-state index in [4.69, 9.17) is 4.84 Å². The molecule has 0 aliphatic carbocycles. The molecule has 26 heavy (non-hydrogen) atoms. The number of nitrogens with zero attached hydrogens (tertiary/aromatic N) is 1. The van der Waals surface area contributed by atoms with Crippen LogP contribution >= 0.6 is 0 Å². The lowest BCUT2D eigenvalue weighted by molar-refractivity contribution is -0.131. The van der Waals surface area contributed by atoms with Gasteiger partial charge in [0, 0.05) is 24.9 Å². The SMILES string of the molecule is Cc1ccc(F)c(CNC(=O)C2CC(Cc3ccc(F)cc3)=NO2)c1F. The van der Waals surface area contributed by atoms with Gasteiger partial charge in [0.1, 0.15) is 17.5 Å². The molecule has 0 spiro atoms. The molecule has 0 aromatic heterocycles. The zero-order valence-corrected chi connectivity index (χ0v) is 14.1. The molecule has 7 heteroatoms. The minimum Gasteiger partial charge on any atom is -0.382 e. The minimum atomic E-state index is -0.846. The fourth-order valence-corrected chi connectivity index (χ4v) is 2.68. The normalized spacial score (nSPS) is 16.2. The first-order chi connectivity index (χ1) is 12.4. The van der Waals surface area contributed by atoms with E-state index >= 15 is 0 Å². The zero-order chi connectivity index (χ0) is 18.7. The summed E-state index contributed by atoms with van der Waals surface area (Å²) in [5.74, 6) is -2.21. The standard InChI is InChI=1S/C19H17F3N2O2/c1-11-2-7-16(21)15(18(11)22)10-23-19(25)17-9-14(24-26-17)8-12-3-5-13(20)6-4-12/h2-7,17H,8-10H2,1H3,(H,23,25). The van der Waals surface area contributed by atoms with Gasteiger partial charge in [-0.05, 0) is 36.2 Å². The van der Waals surface area contributed by atoms with E-state index in [0.29, 0.717) is 17.7 Å². The Morgan fingerprint density at radius 3 is 2.65 bits per heavy atom. The molecule has 0 radical (unpaired) electrons. The molecule has 1 atom stereocenters. The fourth-order valence-electron chi connectivity index (χ4n) is 2.68. The third kappa shape index (κ3) is 4.04. The maximum absolute atomic E-state index is 14.0. The Bertz CT molecular complexity index is 851. The number of hydrogen-bond donors (Lipinski definition) is 1. The number of hydrogen-bond acceptors (Lipinski definition) is 3. The molecule has 0 bridgehead atoms. The van der Waals surface area contributed by atoms with Gasteiger partial charge >= 0.3 is 0 Å². The van der Waals surface area contributed by atoms with Crippen molar-refractivity contribution in [1.29, 1.82) is 0 Å². The second-order valence-corrected chi connectivity index (χ2v) is 6.13. The van der Waals surface area contributed by atoms with Gasteiger partial charge < -0.3 is 10.2 Å². The second kappa shape index (κ2) is 7.59. The molecule has 2 aromatic rings. The Morgan fingerprint density at radius 1 is 1.19 bits per heavy atom. The topological polar surface area (TPSA) is 50.7 Å². The van der Waals surface area contributed by atoms with Crippen LogP contribution in [0.5, 0.6) is 0 Å². The number of halogens is 3. The van der Waals surface area contributed by atoms with Gasteiger partial charge in [-0.15, -0.1) is 0 Å². The third-order valence-corrected chi connectivity index (χ3v) is 4.16. The molecule has 1 N–H and O–H groups in total. The van der Waals surface area contributed by atoms with Gasteiger partial charge in [0.05, 0.1) is 5.71 Å².